The molecule has 76 valence electrons. The quantitative estimate of drug-likeness (QED) is 0.746. The molecular weight excluding hydrogens is 181 g/mol. The summed E-state index contributed by atoms with van der Waals surface area (Å²) in [7, 11) is 0. The Morgan fingerprint density at radius 2 is 2.00 bits per heavy atom. The van der Waals surface area contributed by atoms with Crippen LogP contribution in [-0.2, 0) is 0 Å². The van der Waals surface area contributed by atoms with Gasteiger partial charge in [0, 0.05) is 5.92 Å². The van der Waals surface area contributed by atoms with Crippen molar-refractivity contribution in [3.63, 3.8) is 0 Å². The van der Waals surface area contributed by atoms with E-state index in [2.05, 4.69) is 0 Å². The Morgan fingerprint density at radius 1 is 1.36 bits per heavy atom. The monoisotopic (exact) mass is 195 g/mol. The molecule has 0 heterocycles. The van der Waals surface area contributed by atoms with Gasteiger partial charge in [-0.1, -0.05) is 12.1 Å². The van der Waals surface area contributed by atoms with Crippen molar-refractivity contribution in [2.45, 2.75) is 18.4 Å². The summed E-state index contributed by atoms with van der Waals surface area (Å²) in [6.07, 6.45) is 0.461. The average Bonchev–Trinajstić information content (AvgIpc) is 2.16. The lowest BCUT2D eigenvalue weighted by atomic mass is 9.68. The molecule has 3 atom stereocenters. The molecule has 14 heavy (non-hydrogen) atoms. The molecule has 0 bridgehead atoms. The van der Waals surface area contributed by atoms with Crippen LogP contribution in [0.3, 0.4) is 0 Å². The highest BCUT2D eigenvalue weighted by Gasteiger charge is 2.39. The second kappa shape index (κ2) is 3.67. The van der Waals surface area contributed by atoms with Crippen molar-refractivity contribution in [1.82, 2.24) is 0 Å². The van der Waals surface area contributed by atoms with E-state index in [1.807, 2.05) is 0 Å². The van der Waals surface area contributed by atoms with E-state index < -0.39 is 0 Å². The third-order valence-electron chi connectivity index (χ3n) is 3.08. The fourth-order valence-corrected chi connectivity index (χ4v) is 2.10. The number of aliphatic hydroxyl groups excluding tert-OH is 1. The SMILES string of the molecule is NCC1C(O)CC1c1ccc(F)cc1. The van der Waals surface area contributed by atoms with Crippen LogP contribution in [0.4, 0.5) is 4.39 Å². The summed E-state index contributed by atoms with van der Waals surface area (Å²) < 4.78 is 12.7. The van der Waals surface area contributed by atoms with Crippen LogP contribution in [-0.4, -0.2) is 17.8 Å². The smallest absolute Gasteiger partial charge is 0.123 e. The summed E-state index contributed by atoms with van der Waals surface area (Å²) in [6.45, 7) is 0.489. The van der Waals surface area contributed by atoms with Crippen molar-refractivity contribution in [1.29, 1.82) is 0 Å². The Kier molecular flexibility index (Phi) is 2.52. The first-order valence-electron chi connectivity index (χ1n) is 4.86. The predicted molar refractivity (Wildman–Crippen MR) is 52.3 cm³/mol. The molecule has 0 aliphatic heterocycles. The molecule has 1 saturated carbocycles. The molecule has 1 aliphatic rings. The molecule has 0 aromatic heterocycles. The van der Waals surface area contributed by atoms with Gasteiger partial charge in [-0.15, -0.1) is 0 Å². The maximum atomic E-state index is 12.7. The van der Waals surface area contributed by atoms with E-state index in [1.54, 1.807) is 12.1 Å². The standard InChI is InChI=1S/C11H14FNO/c12-8-3-1-7(2-4-8)9-5-11(14)10(9)6-13/h1-4,9-11,14H,5-6,13H2. The van der Waals surface area contributed by atoms with E-state index in [0.717, 1.165) is 12.0 Å². The Morgan fingerprint density at radius 3 is 2.50 bits per heavy atom. The van der Waals surface area contributed by atoms with Crippen LogP contribution in [0, 0.1) is 11.7 Å². The van der Waals surface area contributed by atoms with Crippen LogP contribution in [0.5, 0.6) is 0 Å². The highest BCUT2D eigenvalue weighted by molar-refractivity contribution is 5.24. The lowest BCUT2D eigenvalue weighted by Crippen LogP contribution is -2.44. The minimum absolute atomic E-state index is 0.139. The van der Waals surface area contributed by atoms with E-state index in [0.29, 0.717) is 12.5 Å². The molecule has 1 fully saturated rings. The van der Waals surface area contributed by atoms with Gasteiger partial charge >= 0.3 is 0 Å². The molecule has 1 aliphatic carbocycles. The first-order chi connectivity index (χ1) is 6.72. The Bertz CT molecular complexity index is 312. The first-order valence-corrected chi connectivity index (χ1v) is 4.86. The fourth-order valence-electron chi connectivity index (χ4n) is 2.10. The van der Waals surface area contributed by atoms with Crippen molar-refractivity contribution in [3.05, 3.63) is 35.6 Å². The molecule has 3 heteroatoms. The van der Waals surface area contributed by atoms with Crippen LogP contribution in [0.25, 0.3) is 0 Å². The number of hydrogen-bond donors (Lipinski definition) is 2. The van der Waals surface area contributed by atoms with E-state index in [1.165, 1.54) is 12.1 Å². The number of aliphatic hydroxyl groups is 1. The summed E-state index contributed by atoms with van der Waals surface area (Å²) in [4.78, 5) is 0. The Hall–Kier alpha value is -0.930. The minimum atomic E-state index is -0.282. The molecule has 1 aromatic rings. The summed E-state index contributed by atoms with van der Waals surface area (Å²) in [6, 6.07) is 6.45. The van der Waals surface area contributed by atoms with Gasteiger partial charge in [-0.05, 0) is 36.6 Å². The maximum absolute atomic E-state index is 12.7. The molecule has 0 amide bonds. The zero-order chi connectivity index (χ0) is 10.1. The Balaban J connectivity index is 2.13. The van der Waals surface area contributed by atoms with Gasteiger partial charge in [0.15, 0.2) is 0 Å². The number of hydrogen-bond acceptors (Lipinski definition) is 2. The normalized spacial score (nSPS) is 31.2. The maximum Gasteiger partial charge on any atom is 0.123 e. The van der Waals surface area contributed by atoms with Gasteiger partial charge in [-0.25, -0.2) is 4.39 Å². The number of nitrogens with two attached hydrogens (primary N) is 1. The molecule has 2 nitrogen and oxygen atoms in total. The predicted octanol–water partition coefficient (Wildman–Crippen LogP) is 1.25. The average molecular weight is 195 g/mol. The zero-order valence-corrected chi connectivity index (χ0v) is 7.86. The largest absolute Gasteiger partial charge is 0.393 e. The van der Waals surface area contributed by atoms with Crippen LogP contribution in [0.2, 0.25) is 0 Å². The minimum Gasteiger partial charge on any atom is -0.393 e. The number of rotatable bonds is 2. The first kappa shape index (κ1) is 9.62. The van der Waals surface area contributed by atoms with Gasteiger partial charge < -0.3 is 10.8 Å². The van der Waals surface area contributed by atoms with Gasteiger partial charge in [0.05, 0.1) is 6.10 Å². The molecule has 3 N–H and O–H groups in total. The van der Waals surface area contributed by atoms with Gasteiger partial charge in [-0.2, -0.15) is 0 Å². The second-order valence-corrected chi connectivity index (χ2v) is 3.86. The van der Waals surface area contributed by atoms with Crippen LogP contribution in [0.15, 0.2) is 24.3 Å². The van der Waals surface area contributed by atoms with Crippen molar-refractivity contribution < 1.29 is 9.50 Å². The van der Waals surface area contributed by atoms with Gasteiger partial charge in [0.2, 0.25) is 0 Å². The van der Waals surface area contributed by atoms with Crippen molar-refractivity contribution >= 4 is 0 Å². The Labute approximate surface area is 82.5 Å². The summed E-state index contributed by atoms with van der Waals surface area (Å²) in [5, 5.41) is 9.44. The van der Waals surface area contributed by atoms with Crippen molar-refractivity contribution in [3.8, 4) is 0 Å². The number of benzene rings is 1. The third-order valence-corrected chi connectivity index (χ3v) is 3.08. The second-order valence-electron chi connectivity index (χ2n) is 3.86. The topological polar surface area (TPSA) is 46.2 Å². The molecule has 0 spiro atoms. The van der Waals surface area contributed by atoms with E-state index in [-0.39, 0.29) is 17.8 Å². The summed E-state index contributed by atoms with van der Waals surface area (Å²) in [5.74, 6) is 0.217. The van der Waals surface area contributed by atoms with Gasteiger partial charge in [-0.3, -0.25) is 0 Å². The highest BCUT2D eigenvalue weighted by Crippen LogP contribution is 2.41. The van der Waals surface area contributed by atoms with E-state index in [4.69, 9.17) is 5.73 Å². The van der Waals surface area contributed by atoms with Crippen molar-refractivity contribution in [2.24, 2.45) is 11.7 Å². The highest BCUT2D eigenvalue weighted by atomic mass is 19.1. The molecular formula is C11H14FNO. The van der Waals surface area contributed by atoms with Crippen LogP contribution >= 0.6 is 0 Å². The molecule has 2 rings (SSSR count). The molecule has 1 aromatic carbocycles. The fraction of sp³-hybridized carbons (Fsp3) is 0.455. The van der Waals surface area contributed by atoms with Gasteiger partial charge in [0.1, 0.15) is 5.82 Å². The molecule has 0 radical (unpaired) electrons. The third kappa shape index (κ3) is 1.53. The van der Waals surface area contributed by atoms with Crippen molar-refractivity contribution in [2.75, 3.05) is 6.54 Å². The van der Waals surface area contributed by atoms with E-state index in [9.17, 15) is 9.50 Å². The molecule has 0 saturated heterocycles. The summed E-state index contributed by atoms with van der Waals surface area (Å²) >= 11 is 0. The van der Waals surface area contributed by atoms with E-state index >= 15 is 0 Å². The lowest BCUT2D eigenvalue weighted by molar-refractivity contribution is 0.00633. The van der Waals surface area contributed by atoms with Gasteiger partial charge in [0.25, 0.3) is 0 Å². The van der Waals surface area contributed by atoms with Crippen LogP contribution < -0.4 is 5.73 Å². The molecule has 3 unspecified atom stereocenters. The lowest BCUT2D eigenvalue weighted by Gasteiger charge is -2.41. The number of halogens is 1. The van der Waals surface area contributed by atoms with Crippen LogP contribution in [0.1, 0.15) is 17.9 Å². The summed E-state index contributed by atoms with van der Waals surface area (Å²) in [5.41, 5.74) is 6.62. The zero-order valence-electron chi connectivity index (χ0n) is 7.86.